The minimum absolute atomic E-state index is 0.0150. The Labute approximate surface area is 143 Å². The van der Waals surface area contributed by atoms with Crippen molar-refractivity contribution in [2.24, 2.45) is 0 Å². The van der Waals surface area contributed by atoms with Gasteiger partial charge in [0.15, 0.2) is 0 Å². The van der Waals surface area contributed by atoms with Crippen molar-refractivity contribution in [2.75, 3.05) is 33.4 Å². The van der Waals surface area contributed by atoms with E-state index in [-0.39, 0.29) is 18.7 Å². The van der Waals surface area contributed by atoms with Gasteiger partial charge in [0, 0.05) is 25.2 Å². The van der Waals surface area contributed by atoms with Crippen molar-refractivity contribution in [1.82, 2.24) is 10.2 Å². The Balaban J connectivity index is 2.29. The minimum Gasteiger partial charge on any atom is -0.496 e. The maximum atomic E-state index is 12.2. The van der Waals surface area contributed by atoms with Crippen molar-refractivity contribution in [3.63, 3.8) is 0 Å². The Morgan fingerprint density at radius 3 is 2.83 bits per heavy atom. The Bertz CT molecular complexity index is 562. The number of hydrogen-bond donors (Lipinski definition) is 2. The van der Waals surface area contributed by atoms with Crippen LogP contribution in [0.5, 0.6) is 5.75 Å². The highest BCUT2D eigenvalue weighted by Crippen LogP contribution is 2.36. The molecule has 0 radical (unpaired) electrons. The summed E-state index contributed by atoms with van der Waals surface area (Å²) in [6, 6.07) is 4.22. The summed E-state index contributed by atoms with van der Waals surface area (Å²) in [6.07, 6.45) is 1.39. The predicted molar refractivity (Wildman–Crippen MR) is 92.3 cm³/mol. The number of rotatable bonds is 7. The summed E-state index contributed by atoms with van der Waals surface area (Å²) in [4.78, 5) is 14.0. The second-order valence-corrected chi connectivity index (χ2v) is 5.83. The molecule has 1 aliphatic rings. The molecule has 0 aliphatic carbocycles. The van der Waals surface area contributed by atoms with Crippen molar-refractivity contribution >= 4 is 6.09 Å². The number of nitrogens with one attached hydrogen (secondary N) is 1. The van der Waals surface area contributed by atoms with Crippen LogP contribution in [0.1, 0.15) is 43.0 Å². The summed E-state index contributed by atoms with van der Waals surface area (Å²) >= 11 is 0. The van der Waals surface area contributed by atoms with E-state index in [0.717, 1.165) is 29.7 Å². The summed E-state index contributed by atoms with van der Waals surface area (Å²) in [6.45, 7) is 6.27. The molecule has 24 heavy (non-hydrogen) atoms. The van der Waals surface area contributed by atoms with Crippen molar-refractivity contribution in [3.05, 3.63) is 28.8 Å². The van der Waals surface area contributed by atoms with Crippen LogP contribution in [-0.4, -0.2) is 49.5 Å². The first-order valence-electron chi connectivity index (χ1n) is 8.60. The van der Waals surface area contributed by atoms with E-state index in [1.54, 1.807) is 7.11 Å². The van der Waals surface area contributed by atoms with Gasteiger partial charge in [0.2, 0.25) is 0 Å². The van der Waals surface area contributed by atoms with Crippen LogP contribution in [0.2, 0.25) is 0 Å². The van der Waals surface area contributed by atoms with Gasteiger partial charge >= 0.3 is 6.09 Å². The number of amides is 1. The maximum Gasteiger partial charge on any atom is 0.410 e. The lowest BCUT2D eigenvalue weighted by Crippen LogP contribution is -2.40. The molecule has 1 aliphatic heterocycles. The molecule has 1 aromatic carbocycles. The second-order valence-electron chi connectivity index (χ2n) is 5.83. The van der Waals surface area contributed by atoms with Gasteiger partial charge in [-0.2, -0.15) is 0 Å². The van der Waals surface area contributed by atoms with E-state index in [0.29, 0.717) is 26.2 Å². The molecule has 1 atom stereocenters. The molecule has 1 unspecified atom stereocenters. The van der Waals surface area contributed by atoms with E-state index in [2.05, 4.69) is 18.3 Å². The van der Waals surface area contributed by atoms with E-state index in [1.807, 2.05) is 17.9 Å². The molecule has 1 amide bonds. The summed E-state index contributed by atoms with van der Waals surface area (Å²) in [5.74, 6) is 0.809. The van der Waals surface area contributed by atoms with Crippen LogP contribution in [0.25, 0.3) is 0 Å². The molecular weight excluding hydrogens is 308 g/mol. The summed E-state index contributed by atoms with van der Waals surface area (Å²) in [5, 5.41) is 12.1. The number of aliphatic hydroxyl groups is 1. The smallest absolute Gasteiger partial charge is 0.410 e. The maximum absolute atomic E-state index is 12.2. The molecule has 134 valence electrons. The van der Waals surface area contributed by atoms with Crippen LogP contribution < -0.4 is 10.1 Å². The number of nitrogens with zero attached hydrogens (tertiary/aromatic N) is 1. The highest BCUT2D eigenvalue weighted by Gasteiger charge is 2.31. The molecule has 6 nitrogen and oxygen atoms in total. The highest BCUT2D eigenvalue weighted by molar-refractivity contribution is 5.69. The van der Waals surface area contributed by atoms with Gasteiger partial charge in [-0.1, -0.05) is 13.0 Å². The molecule has 0 aromatic heterocycles. The number of benzene rings is 1. The van der Waals surface area contributed by atoms with Gasteiger partial charge in [-0.3, -0.25) is 0 Å². The molecule has 2 N–H and O–H groups in total. The topological polar surface area (TPSA) is 71.0 Å². The zero-order valence-electron chi connectivity index (χ0n) is 14.8. The molecule has 6 heteroatoms. The number of carbonyl (C=O) groups excluding carboxylic acids is 1. The Morgan fingerprint density at radius 2 is 2.21 bits per heavy atom. The van der Waals surface area contributed by atoms with Crippen molar-refractivity contribution < 1.29 is 19.4 Å². The molecule has 0 fully saturated rings. The van der Waals surface area contributed by atoms with Gasteiger partial charge in [0.1, 0.15) is 5.75 Å². The molecule has 2 rings (SSSR count). The van der Waals surface area contributed by atoms with Crippen LogP contribution in [0.15, 0.2) is 12.1 Å². The highest BCUT2D eigenvalue weighted by atomic mass is 16.6. The number of aliphatic hydroxyl groups excluding tert-OH is 1. The average molecular weight is 336 g/mol. The molecule has 0 saturated carbocycles. The van der Waals surface area contributed by atoms with E-state index >= 15 is 0 Å². The fourth-order valence-electron chi connectivity index (χ4n) is 3.28. The third-order valence-corrected chi connectivity index (χ3v) is 4.39. The molecular formula is C18H28N2O4. The molecule has 0 saturated heterocycles. The predicted octanol–water partition coefficient (Wildman–Crippen LogP) is 2.24. The number of ether oxygens (including phenoxy) is 2. The number of fused-ring (bicyclic) bond motifs is 1. The van der Waals surface area contributed by atoms with Crippen LogP contribution in [-0.2, 0) is 17.7 Å². The lowest BCUT2D eigenvalue weighted by atomic mass is 9.89. The van der Waals surface area contributed by atoms with E-state index < -0.39 is 0 Å². The van der Waals surface area contributed by atoms with E-state index in [9.17, 15) is 4.79 Å². The van der Waals surface area contributed by atoms with Gasteiger partial charge in [-0.25, -0.2) is 4.79 Å². The minimum atomic E-state index is -0.248. The van der Waals surface area contributed by atoms with Crippen LogP contribution >= 0.6 is 0 Å². The first kappa shape index (κ1) is 18.5. The average Bonchev–Trinajstić information content (AvgIpc) is 2.60. The fourth-order valence-corrected chi connectivity index (χ4v) is 3.28. The SMILES string of the molecule is CCOC(=O)N1CCc2cc(CNCCO)c(OC)cc2C1CC. The van der Waals surface area contributed by atoms with E-state index in [1.165, 1.54) is 5.56 Å². The first-order chi connectivity index (χ1) is 11.7. The van der Waals surface area contributed by atoms with Crippen LogP contribution in [0, 0.1) is 0 Å². The standard InChI is InChI=1S/C18H28N2O4/c1-4-16-15-11-17(23-3)14(12-19-7-9-21)10-13(15)6-8-20(16)18(22)24-5-2/h10-11,16,19,21H,4-9,12H2,1-3H3. The van der Waals surface area contributed by atoms with Gasteiger partial charge in [0.05, 0.1) is 26.4 Å². The zero-order valence-corrected chi connectivity index (χ0v) is 14.8. The number of carbonyl (C=O) groups is 1. The lowest BCUT2D eigenvalue weighted by Gasteiger charge is -2.36. The molecule has 0 spiro atoms. The number of methoxy groups -OCH3 is 1. The second kappa shape index (κ2) is 8.89. The third-order valence-electron chi connectivity index (χ3n) is 4.39. The lowest BCUT2D eigenvalue weighted by molar-refractivity contribution is 0.0854. The van der Waals surface area contributed by atoms with Gasteiger partial charge in [-0.15, -0.1) is 0 Å². The van der Waals surface area contributed by atoms with Crippen molar-refractivity contribution in [2.45, 2.75) is 39.3 Å². The number of hydrogen-bond acceptors (Lipinski definition) is 5. The van der Waals surface area contributed by atoms with Crippen LogP contribution in [0.3, 0.4) is 0 Å². The largest absolute Gasteiger partial charge is 0.496 e. The fraction of sp³-hybridized carbons (Fsp3) is 0.611. The Hall–Kier alpha value is -1.79. The Morgan fingerprint density at radius 1 is 1.42 bits per heavy atom. The first-order valence-corrected chi connectivity index (χ1v) is 8.60. The Kier molecular flexibility index (Phi) is 6.87. The summed E-state index contributed by atoms with van der Waals surface area (Å²) < 4.78 is 10.7. The normalized spacial score (nSPS) is 16.7. The summed E-state index contributed by atoms with van der Waals surface area (Å²) in [7, 11) is 1.66. The molecule has 0 bridgehead atoms. The van der Waals surface area contributed by atoms with Crippen molar-refractivity contribution in [3.8, 4) is 5.75 Å². The van der Waals surface area contributed by atoms with Gasteiger partial charge in [-0.05, 0) is 37.0 Å². The quantitative estimate of drug-likeness (QED) is 0.747. The summed E-state index contributed by atoms with van der Waals surface area (Å²) in [5.41, 5.74) is 3.47. The van der Waals surface area contributed by atoms with Gasteiger partial charge in [0.25, 0.3) is 0 Å². The van der Waals surface area contributed by atoms with Crippen molar-refractivity contribution in [1.29, 1.82) is 0 Å². The van der Waals surface area contributed by atoms with E-state index in [4.69, 9.17) is 14.6 Å². The van der Waals surface area contributed by atoms with Crippen LogP contribution in [0.4, 0.5) is 4.79 Å². The zero-order chi connectivity index (χ0) is 17.5. The molecule has 1 heterocycles. The monoisotopic (exact) mass is 336 g/mol. The van der Waals surface area contributed by atoms with Gasteiger partial charge < -0.3 is 24.8 Å². The third kappa shape index (κ3) is 3.99. The molecule has 1 aromatic rings.